The molecule has 0 aliphatic heterocycles. The van der Waals surface area contributed by atoms with Gasteiger partial charge in [0.1, 0.15) is 12.6 Å². The fraction of sp³-hybridized carbons (Fsp3) is 0.188. The number of anilines is 1. The van der Waals surface area contributed by atoms with Crippen LogP contribution in [-0.2, 0) is 14.8 Å². The number of primary sulfonamides is 1. The summed E-state index contributed by atoms with van der Waals surface area (Å²) in [6.07, 6.45) is -0.662. The number of nitrogens with one attached hydrogen (secondary N) is 1. The Morgan fingerprint density at radius 3 is 2.54 bits per heavy atom. The smallest absolute Gasteiger partial charge is 0.279 e. The minimum absolute atomic E-state index is 0.0659. The van der Waals surface area contributed by atoms with Crippen LogP contribution in [0.3, 0.4) is 0 Å². The zero-order valence-electron chi connectivity index (χ0n) is 12.9. The van der Waals surface area contributed by atoms with Crippen LogP contribution in [0.15, 0.2) is 59.5 Å². The summed E-state index contributed by atoms with van der Waals surface area (Å²) >= 11 is 0. The maximum absolute atomic E-state index is 11.9. The van der Waals surface area contributed by atoms with Gasteiger partial charge in [0.25, 0.3) is 5.91 Å². The number of hydrogen-bond acceptors (Lipinski definition) is 4. The SMILES string of the molecule is NS(=O)(=O)c1cccc(NC(=O)C[NH2+]C[C@@H](O)c2ccccc2)c1. The van der Waals surface area contributed by atoms with Crippen LogP contribution in [0.4, 0.5) is 5.69 Å². The lowest BCUT2D eigenvalue weighted by atomic mass is 10.1. The molecule has 24 heavy (non-hydrogen) atoms. The van der Waals surface area contributed by atoms with Crippen molar-refractivity contribution in [2.75, 3.05) is 18.4 Å². The number of sulfonamides is 1. The normalized spacial score (nSPS) is 12.6. The van der Waals surface area contributed by atoms with Crippen molar-refractivity contribution >= 4 is 21.6 Å². The molecule has 0 bridgehead atoms. The molecule has 0 aliphatic carbocycles. The first kappa shape index (κ1) is 18.1. The Morgan fingerprint density at radius 1 is 1.17 bits per heavy atom. The van der Waals surface area contributed by atoms with E-state index in [-0.39, 0.29) is 17.3 Å². The van der Waals surface area contributed by atoms with E-state index in [4.69, 9.17) is 5.14 Å². The van der Waals surface area contributed by atoms with Gasteiger partial charge in [-0.3, -0.25) is 4.79 Å². The second-order valence-corrected chi connectivity index (χ2v) is 6.84. The molecule has 1 atom stereocenters. The first-order valence-electron chi connectivity index (χ1n) is 7.33. The van der Waals surface area contributed by atoms with E-state index in [2.05, 4.69) is 5.32 Å². The van der Waals surface area contributed by atoms with Gasteiger partial charge in [-0.2, -0.15) is 0 Å². The van der Waals surface area contributed by atoms with Crippen LogP contribution < -0.4 is 15.8 Å². The Balaban J connectivity index is 1.84. The van der Waals surface area contributed by atoms with Gasteiger partial charge < -0.3 is 15.7 Å². The Morgan fingerprint density at radius 2 is 1.88 bits per heavy atom. The van der Waals surface area contributed by atoms with Crippen LogP contribution in [0.25, 0.3) is 0 Å². The zero-order chi connectivity index (χ0) is 17.6. The average Bonchev–Trinajstić information content (AvgIpc) is 2.55. The summed E-state index contributed by atoms with van der Waals surface area (Å²) in [4.78, 5) is 11.8. The van der Waals surface area contributed by atoms with E-state index in [0.717, 1.165) is 5.56 Å². The van der Waals surface area contributed by atoms with Crippen molar-refractivity contribution in [2.24, 2.45) is 5.14 Å². The quantitative estimate of drug-likeness (QED) is 0.540. The van der Waals surface area contributed by atoms with Gasteiger partial charge in [0.05, 0.1) is 4.90 Å². The topological polar surface area (TPSA) is 126 Å². The van der Waals surface area contributed by atoms with Crippen molar-refractivity contribution in [1.29, 1.82) is 0 Å². The molecule has 0 saturated heterocycles. The molecule has 2 aromatic rings. The van der Waals surface area contributed by atoms with Gasteiger partial charge in [0.2, 0.25) is 10.0 Å². The average molecular weight is 350 g/mol. The van der Waals surface area contributed by atoms with Gasteiger partial charge in [0, 0.05) is 5.69 Å². The minimum Gasteiger partial charge on any atom is -0.382 e. The van der Waals surface area contributed by atoms with E-state index in [9.17, 15) is 18.3 Å². The number of rotatable bonds is 7. The molecule has 0 saturated carbocycles. The van der Waals surface area contributed by atoms with Crippen molar-refractivity contribution in [3.8, 4) is 0 Å². The number of carbonyl (C=O) groups excluding carboxylic acids is 1. The number of nitrogens with two attached hydrogens (primary N) is 2. The van der Waals surface area contributed by atoms with Gasteiger partial charge in [-0.15, -0.1) is 0 Å². The molecule has 2 aromatic carbocycles. The number of benzene rings is 2. The third kappa shape index (κ3) is 5.43. The lowest BCUT2D eigenvalue weighted by Gasteiger charge is -2.10. The lowest BCUT2D eigenvalue weighted by Crippen LogP contribution is -2.87. The number of amides is 1. The largest absolute Gasteiger partial charge is 0.382 e. The number of carbonyl (C=O) groups is 1. The molecule has 0 unspecified atom stereocenters. The van der Waals surface area contributed by atoms with Crippen LogP contribution in [0, 0.1) is 0 Å². The lowest BCUT2D eigenvalue weighted by molar-refractivity contribution is -0.651. The molecule has 0 fully saturated rings. The summed E-state index contributed by atoms with van der Waals surface area (Å²) in [5, 5.41) is 19.3. The Bertz CT molecular complexity index is 794. The number of aliphatic hydroxyl groups excluding tert-OH is 1. The third-order valence-electron chi connectivity index (χ3n) is 3.35. The highest BCUT2D eigenvalue weighted by Gasteiger charge is 2.12. The Labute approximate surface area is 140 Å². The predicted molar refractivity (Wildman–Crippen MR) is 89.5 cm³/mol. The van der Waals surface area contributed by atoms with Crippen LogP contribution in [0.1, 0.15) is 11.7 Å². The van der Waals surface area contributed by atoms with Crippen molar-refractivity contribution in [3.05, 3.63) is 60.2 Å². The highest BCUT2D eigenvalue weighted by atomic mass is 32.2. The molecular formula is C16H20N3O4S+. The standard InChI is InChI=1S/C16H19N3O4S/c17-24(22,23)14-8-4-7-13(9-14)19-16(21)11-18-10-15(20)12-5-2-1-3-6-12/h1-9,15,18,20H,10-11H2,(H,19,21)(H2,17,22,23)/p+1/t15-/m1/s1. The number of hydrogen-bond donors (Lipinski definition) is 4. The van der Waals surface area contributed by atoms with Crippen LogP contribution in [0.5, 0.6) is 0 Å². The second kappa shape index (κ2) is 8.02. The summed E-state index contributed by atoms with van der Waals surface area (Å²) in [6, 6.07) is 14.9. The third-order valence-corrected chi connectivity index (χ3v) is 4.26. The van der Waals surface area contributed by atoms with Gasteiger partial charge >= 0.3 is 0 Å². The fourth-order valence-corrected chi connectivity index (χ4v) is 2.71. The van der Waals surface area contributed by atoms with Crippen molar-refractivity contribution < 1.29 is 23.6 Å². The van der Waals surface area contributed by atoms with Gasteiger partial charge in [-0.25, -0.2) is 13.6 Å². The van der Waals surface area contributed by atoms with Crippen LogP contribution in [0.2, 0.25) is 0 Å². The molecule has 2 rings (SSSR count). The highest BCUT2D eigenvalue weighted by molar-refractivity contribution is 7.89. The van der Waals surface area contributed by atoms with Crippen molar-refractivity contribution in [3.63, 3.8) is 0 Å². The minimum atomic E-state index is -3.81. The second-order valence-electron chi connectivity index (χ2n) is 5.28. The predicted octanol–water partition coefficient (Wildman–Crippen LogP) is -0.430. The molecular weight excluding hydrogens is 330 g/mol. The van der Waals surface area contributed by atoms with Crippen LogP contribution in [-0.4, -0.2) is 32.5 Å². The first-order valence-corrected chi connectivity index (χ1v) is 8.88. The van der Waals surface area contributed by atoms with Crippen molar-refractivity contribution in [1.82, 2.24) is 0 Å². The Kier molecular flexibility index (Phi) is 6.04. The Hall–Kier alpha value is -2.26. The van der Waals surface area contributed by atoms with E-state index in [1.807, 2.05) is 30.3 Å². The highest BCUT2D eigenvalue weighted by Crippen LogP contribution is 2.13. The monoisotopic (exact) mass is 350 g/mol. The molecule has 6 N–H and O–H groups in total. The summed E-state index contributed by atoms with van der Waals surface area (Å²) < 4.78 is 22.6. The first-order chi connectivity index (χ1) is 11.4. The molecule has 0 aromatic heterocycles. The fourth-order valence-electron chi connectivity index (χ4n) is 2.15. The van der Waals surface area contributed by atoms with Gasteiger partial charge in [0.15, 0.2) is 6.54 Å². The van der Waals surface area contributed by atoms with E-state index in [1.165, 1.54) is 18.2 Å². The maximum atomic E-state index is 11.9. The number of aliphatic hydroxyl groups is 1. The van der Waals surface area contributed by atoms with Crippen molar-refractivity contribution in [2.45, 2.75) is 11.0 Å². The summed E-state index contributed by atoms with van der Waals surface area (Å²) in [7, 11) is -3.81. The molecule has 7 nitrogen and oxygen atoms in total. The molecule has 8 heteroatoms. The van der Waals surface area contributed by atoms with Crippen LogP contribution >= 0.6 is 0 Å². The maximum Gasteiger partial charge on any atom is 0.279 e. The van der Waals surface area contributed by atoms with Gasteiger partial charge in [-0.05, 0) is 23.8 Å². The van der Waals surface area contributed by atoms with E-state index in [1.54, 1.807) is 11.4 Å². The molecule has 0 spiro atoms. The number of quaternary nitrogens is 1. The molecule has 0 radical (unpaired) electrons. The molecule has 128 valence electrons. The van der Waals surface area contributed by atoms with E-state index >= 15 is 0 Å². The van der Waals surface area contributed by atoms with Gasteiger partial charge in [-0.1, -0.05) is 36.4 Å². The zero-order valence-corrected chi connectivity index (χ0v) is 13.7. The summed E-state index contributed by atoms with van der Waals surface area (Å²) in [5.74, 6) is -0.304. The van der Waals surface area contributed by atoms with E-state index in [0.29, 0.717) is 12.2 Å². The molecule has 0 aliphatic rings. The summed E-state index contributed by atoms with van der Waals surface area (Å²) in [5.41, 5.74) is 1.14. The summed E-state index contributed by atoms with van der Waals surface area (Å²) in [6.45, 7) is 0.443. The molecule has 0 heterocycles. The van der Waals surface area contributed by atoms with E-state index < -0.39 is 16.1 Å². The molecule has 1 amide bonds.